The molecule has 0 radical (unpaired) electrons. The highest BCUT2D eigenvalue weighted by Gasteiger charge is 2.41. The van der Waals surface area contributed by atoms with Gasteiger partial charge in [0.05, 0.1) is 6.61 Å². The molecule has 2 atom stereocenters. The summed E-state index contributed by atoms with van der Waals surface area (Å²) in [6.07, 6.45) is 4.99. The van der Waals surface area contributed by atoms with Crippen LogP contribution in [0.5, 0.6) is 5.75 Å². The van der Waals surface area contributed by atoms with Gasteiger partial charge in [-0.25, -0.2) is 4.39 Å². The Balaban J connectivity index is 1.37. The number of benzene rings is 1. The summed E-state index contributed by atoms with van der Waals surface area (Å²) in [6, 6.07) is 7.83. The van der Waals surface area contributed by atoms with Crippen LogP contribution in [-0.2, 0) is 0 Å². The second-order valence-electron chi connectivity index (χ2n) is 7.62. The minimum atomic E-state index is -0.214. The summed E-state index contributed by atoms with van der Waals surface area (Å²) in [5.41, 5.74) is 0. The fourth-order valence-corrected chi connectivity index (χ4v) is 4.13. The molecule has 0 aliphatic carbocycles. The molecule has 1 aromatic rings. The molecule has 4 heteroatoms. The average molecular weight is 334 g/mol. The molecule has 2 heterocycles. The van der Waals surface area contributed by atoms with Crippen molar-refractivity contribution in [1.29, 1.82) is 0 Å². The van der Waals surface area contributed by atoms with E-state index in [1.165, 1.54) is 51.0 Å². The van der Waals surface area contributed by atoms with Crippen molar-refractivity contribution in [2.45, 2.75) is 51.6 Å². The topological polar surface area (TPSA) is 15.7 Å². The Kier molecular flexibility index (Phi) is 6.12. The van der Waals surface area contributed by atoms with E-state index >= 15 is 0 Å². The first-order chi connectivity index (χ1) is 11.6. The van der Waals surface area contributed by atoms with E-state index in [9.17, 15) is 4.39 Å². The van der Waals surface area contributed by atoms with Crippen molar-refractivity contribution in [1.82, 2.24) is 9.80 Å². The summed E-state index contributed by atoms with van der Waals surface area (Å²) in [6.45, 7) is 10.2. The molecular formula is C20H31FN2O. The van der Waals surface area contributed by atoms with E-state index in [2.05, 4.69) is 23.6 Å². The standard InChI is InChI=1S/C20H31FN2O/c1-16(2)8-12-23-14-10-19-20(23)9-13-22(19)11-3-15-24-18-6-4-17(21)5-7-18/h4-7,16,19-20H,3,8-15H2,1-2H3/t19-,20-/m0/s1. The lowest BCUT2D eigenvalue weighted by atomic mass is 10.1. The highest BCUT2D eigenvalue weighted by molar-refractivity contribution is 5.21. The van der Waals surface area contributed by atoms with Gasteiger partial charge in [-0.3, -0.25) is 9.80 Å². The van der Waals surface area contributed by atoms with Gasteiger partial charge in [0.25, 0.3) is 0 Å². The fourth-order valence-electron chi connectivity index (χ4n) is 4.13. The SMILES string of the molecule is CC(C)CCN1CC[C@H]2[C@@H]1CCN2CCCOc1ccc(F)cc1. The quantitative estimate of drug-likeness (QED) is 0.673. The molecule has 0 aromatic heterocycles. The Bertz CT molecular complexity index is 505. The summed E-state index contributed by atoms with van der Waals surface area (Å²) in [4.78, 5) is 5.38. The molecule has 1 aromatic carbocycles. The number of rotatable bonds is 8. The molecule has 0 spiro atoms. The summed E-state index contributed by atoms with van der Waals surface area (Å²) in [7, 11) is 0. The van der Waals surface area contributed by atoms with Gasteiger partial charge in [0, 0.05) is 31.7 Å². The highest BCUT2D eigenvalue weighted by Crippen LogP contribution is 2.31. The third-order valence-electron chi connectivity index (χ3n) is 5.47. The van der Waals surface area contributed by atoms with E-state index in [-0.39, 0.29) is 5.82 Å². The molecule has 0 N–H and O–H groups in total. The van der Waals surface area contributed by atoms with Crippen LogP contribution in [0, 0.1) is 11.7 Å². The van der Waals surface area contributed by atoms with Gasteiger partial charge in [0.1, 0.15) is 11.6 Å². The molecule has 2 aliphatic heterocycles. The zero-order valence-corrected chi connectivity index (χ0v) is 15.1. The van der Waals surface area contributed by atoms with Crippen molar-refractivity contribution in [3.05, 3.63) is 30.1 Å². The molecule has 3 rings (SSSR count). The van der Waals surface area contributed by atoms with Crippen LogP contribution in [0.1, 0.15) is 39.5 Å². The predicted molar refractivity (Wildman–Crippen MR) is 95.9 cm³/mol. The van der Waals surface area contributed by atoms with Gasteiger partial charge < -0.3 is 4.74 Å². The molecule has 2 fully saturated rings. The minimum Gasteiger partial charge on any atom is -0.494 e. The molecule has 3 nitrogen and oxygen atoms in total. The fraction of sp³-hybridized carbons (Fsp3) is 0.700. The van der Waals surface area contributed by atoms with E-state index in [0.717, 1.165) is 36.7 Å². The first kappa shape index (κ1) is 17.7. The minimum absolute atomic E-state index is 0.214. The van der Waals surface area contributed by atoms with Gasteiger partial charge in [-0.2, -0.15) is 0 Å². The summed E-state index contributed by atoms with van der Waals surface area (Å²) in [5, 5.41) is 0. The molecule has 24 heavy (non-hydrogen) atoms. The van der Waals surface area contributed by atoms with Gasteiger partial charge >= 0.3 is 0 Å². The molecule has 0 unspecified atom stereocenters. The molecule has 2 saturated heterocycles. The zero-order chi connectivity index (χ0) is 16.9. The van der Waals surface area contributed by atoms with E-state index < -0.39 is 0 Å². The van der Waals surface area contributed by atoms with Gasteiger partial charge in [-0.15, -0.1) is 0 Å². The highest BCUT2D eigenvalue weighted by atomic mass is 19.1. The van der Waals surface area contributed by atoms with Crippen molar-refractivity contribution in [3.63, 3.8) is 0 Å². The maximum absolute atomic E-state index is 12.9. The number of hydrogen-bond acceptors (Lipinski definition) is 3. The summed E-state index contributed by atoms with van der Waals surface area (Å²) < 4.78 is 18.6. The Labute approximate surface area is 145 Å². The van der Waals surface area contributed by atoms with Crippen LogP contribution < -0.4 is 4.74 Å². The molecule has 2 aliphatic rings. The second kappa shape index (κ2) is 8.30. The largest absolute Gasteiger partial charge is 0.494 e. The lowest BCUT2D eigenvalue weighted by molar-refractivity contribution is 0.202. The van der Waals surface area contributed by atoms with Crippen molar-refractivity contribution in [2.24, 2.45) is 5.92 Å². The van der Waals surface area contributed by atoms with E-state index in [0.29, 0.717) is 6.61 Å². The van der Waals surface area contributed by atoms with Crippen molar-refractivity contribution < 1.29 is 9.13 Å². The molecule has 134 valence electrons. The number of ether oxygens (including phenoxy) is 1. The summed E-state index contributed by atoms with van der Waals surface area (Å²) in [5.74, 6) is 1.34. The Morgan fingerprint density at radius 1 is 1.04 bits per heavy atom. The monoisotopic (exact) mass is 334 g/mol. The van der Waals surface area contributed by atoms with Crippen LogP contribution in [0.15, 0.2) is 24.3 Å². The molecular weight excluding hydrogens is 303 g/mol. The van der Waals surface area contributed by atoms with E-state index in [1.807, 2.05) is 0 Å². The third-order valence-corrected chi connectivity index (χ3v) is 5.47. The predicted octanol–water partition coefficient (Wildman–Crippen LogP) is 3.79. The lowest BCUT2D eigenvalue weighted by Crippen LogP contribution is -2.37. The maximum atomic E-state index is 12.9. The molecule has 0 bridgehead atoms. The first-order valence-electron chi connectivity index (χ1n) is 9.50. The van der Waals surface area contributed by atoms with Crippen LogP contribution in [-0.4, -0.2) is 54.7 Å². The molecule has 0 amide bonds. The Morgan fingerprint density at radius 3 is 2.29 bits per heavy atom. The smallest absolute Gasteiger partial charge is 0.123 e. The van der Waals surface area contributed by atoms with Crippen molar-refractivity contribution >= 4 is 0 Å². The number of likely N-dealkylation sites (tertiary alicyclic amines) is 2. The molecule has 0 saturated carbocycles. The van der Waals surface area contributed by atoms with Crippen molar-refractivity contribution in [2.75, 3.05) is 32.8 Å². The number of fused-ring (bicyclic) bond motifs is 1. The Hall–Kier alpha value is -1.13. The zero-order valence-electron chi connectivity index (χ0n) is 15.1. The van der Waals surface area contributed by atoms with Gasteiger partial charge in [-0.1, -0.05) is 13.8 Å². The first-order valence-corrected chi connectivity index (χ1v) is 9.50. The lowest BCUT2D eigenvalue weighted by Gasteiger charge is -2.26. The van der Waals surface area contributed by atoms with E-state index in [4.69, 9.17) is 4.74 Å². The third kappa shape index (κ3) is 4.48. The van der Waals surface area contributed by atoms with Gasteiger partial charge in [0.2, 0.25) is 0 Å². The summed E-state index contributed by atoms with van der Waals surface area (Å²) >= 11 is 0. The number of nitrogens with zero attached hydrogens (tertiary/aromatic N) is 2. The number of halogens is 1. The number of hydrogen-bond donors (Lipinski definition) is 0. The normalized spacial score (nSPS) is 24.7. The van der Waals surface area contributed by atoms with Gasteiger partial charge in [-0.05, 0) is 62.4 Å². The van der Waals surface area contributed by atoms with E-state index in [1.54, 1.807) is 12.1 Å². The van der Waals surface area contributed by atoms with Crippen LogP contribution in [0.2, 0.25) is 0 Å². The van der Waals surface area contributed by atoms with Crippen molar-refractivity contribution in [3.8, 4) is 5.75 Å². The second-order valence-corrected chi connectivity index (χ2v) is 7.62. The van der Waals surface area contributed by atoms with Gasteiger partial charge in [0.15, 0.2) is 0 Å². The van der Waals surface area contributed by atoms with Crippen LogP contribution in [0.3, 0.4) is 0 Å². The Morgan fingerprint density at radius 2 is 1.67 bits per heavy atom. The van der Waals surface area contributed by atoms with Crippen LogP contribution >= 0.6 is 0 Å². The van der Waals surface area contributed by atoms with Crippen LogP contribution in [0.4, 0.5) is 4.39 Å². The van der Waals surface area contributed by atoms with Crippen LogP contribution in [0.25, 0.3) is 0 Å². The maximum Gasteiger partial charge on any atom is 0.123 e. The average Bonchev–Trinajstić information content (AvgIpc) is 3.14.